The number of benzene rings is 1. The highest BCUT2D eigenvalue weighted by molar-refractivity contribution is 5.48. The summed E-state index contributed by atoms with van der Waals surface area (Å²) in [4.78, 5) is 2.17. The average Bonchev–Trinajstić information content (AvgIpc) is 2.35. The van der Waals surface area contributed by atoms with Gasteiger partial charge in [-0.25, -0.2) is 0 Å². The Hall–Kier alpha value is -1.53. The molecule has 0 aliphatic rings. The van der Waals surface area contributed by atoms with E-state index in [4.69, 9.17) is 11.0 Å². The van der Waals surface area contributed by atoms with Gasteiger partial charge in [-0.2, -0.15) is 5.26 Å². The van der Waals surface area contributed by atoms with Crippen LogP contribution in [0.2, 0.25) is 0 Å². The molecule has 0 amide bonds. The van der Waals surface area contributed by atoms with Crippen molar-refractivity contribution in [3.8, 4) is 6.07 Å². The molecular weight excluding hydrogens is 210 g/mol. The Morgan fingerprint density at radius 1 is 1.29 bits per heavy atom. The Morgan fingerprint density at radius 2 is 1.88 bits per heavy atom. The summed E-state index contributed by atoms with van der Waals surface area (Å²) in [6, 6.07) is 9.99. The molecule has 0 fully saturated rings. The quantitative estimate of drug-likeness (QED) is 0.846. The van der Waals surface area contributed by atoms with Crippen LogP contribution in [0.4, 0.5) is 5.69 Å². The van der Waals surface area contributed by atoms with Gasteiger partial charge < -0.3 is 10.6 Å². The topological polar surface area (TPSA) is 53.0 Å². The van der Waals surface area contributed by atoms with Gasteiger partial charge in [0.05, 0.1) is 11.6 Å². The Balaban J connectivity index is 2.52. The highest BCUT2D eigenvalue weighted by Gasteiger charge is 2.09. The molecule has 3 heteroatoms. The lowest BCUT2D eigenvalue weighted by Crippen LogP contribution is -2.31. The van der Waals surface area contributed by atoms with Gasteiger partial charge in [-0.3, -0.25) is 0 Å². The highest BCUT2D eigenvalue weighted by atomic mass is 15.1. The maximum atomic E-state index is 8.72. The number of nitrogens with two attached hydrogens (primary N) is 1. The fourth-order valence-electron chi connectivity index (χ4n) is 1.60. The molecule has 0 heterocycles. The maximum Gasteiger partial charge on any atom is 0.0991 e. The first kappa shape index (κ1) is 13.5. The summed E-state index contributed by atoms with van der Waals surface area (Å²) in [5.74, 6) is 0.518. The van der Waals surface area contributed by atoms with Gasteiger partial charge in [0.15, 0.2) is 0 Å². The van der Waals surface area contributed by atoms with Crippen LogP contribution >= 0.6 is 0 Å². The summed E-state index contributed by atoms with van der Waals surface area (Å²) in [6.45, 7) is 5.23. The minimum absolute atomic E-state index is 0.246. The molecule has 92 valence electrons. The largest absolute Gasteiger partial charge is 0.375 e. The number of hydrogen-bond donors (Lipinski definition) is 1. The predicted molar refractivity (Wildman–Crippen MR) is 71.9 cm³/mol. The Labute approximate surface area is 104 Å². The monoisotopic (exact) mass is 231 g/mol. The minimum atomic E-state index is 0.246. The zero-order valence-electron chi connectivity index (χ0n) is 10.9. The first-order valence-corrected chi connectivity index (χ1v) is 6.01. The van der Waals surface area contributed by atoms with E-state index in [9.17, 15) is 0 Å². The third kappa shape index (κ3) is 4.08. The Bertz CT molecular complexity index is 375. The molecule has 17 heavy (non-hydrogen) atoms. The van der Waals surface area contributed by atoms with Crippen molar-refractivity contribution in [1.29, 1.82) is 5.26 Å². The molecule has 0 bridgehead atoms. The third-order valence-corrected chi connectivity index (χ3v) is 3.09. The van der Waals surface area contributed by atoms with E-state index in [2.05, 4.69) is 31.9 Å². The fraction of sp³-hybridized carbons (Fsp3) is 0.500. The molecule has 3 nitrogen and oxygen atoms in total. The average molecular weight is 231 g/mol. The van der Waals surface area contributed by atoms with Crippen LogP contribution in [0.3, 0.4) is 0 Å². The van der Waals surface area contributed by atoms with Gasteiger partial charge >= 0.3 is 0 Å². The van der Waals surface area contributed by atoms with Crippen LogP contribution in [-0.4, -0.2) is 19.6 Å². The summed E-state index contributed by atoms with van der Waals surface area (Å²) in [5.41, 5.74) is 7.84. The summed E-state index contributed by atoms with van der Waals surface area (Å²) in [5, 5.41) is 8.72. The normalized spacial score (nSPS) is 12.2. The number of hydrogen-bond acceptors (Lipinski definition) is 3. The second-order valence-corrected chi connectivity index (χ2v) is 4.78. The molecule has 0 aromatic heterocycles. The molecule has 1 aromatic rings. The molecule has 0 saturated heterocycles. The van der Waals surface area contributed by atoms with Crippen LogP contribution in [0.5, 0.6) is 0 Å². The van der Waals surface area contributed by atoms with Crippen LogP contribution in [0.25, 0.3) is 0 Å². The third-order valence-electron chi connectivity index (χ3n) is 3.09. The van der Waals surface area contributed by atoms with E-state index in [1.54, 1.807) is 0 Å². The van der Waals surface area contributed by atoms with Crippen LogP contribution in [0.15, 0.2) is 24.3 Å². The van der Waals surface area contributed by atoms with Crippen molar-refractivity contribution < 1.29 is 0 Å². The van der Waals surface area contributed by atoms with Gasteiger partial charge in [0.1, 0.15) is 0 Å². The highest BCUT2D eigenvalue weighted by Crippen LogP contribution is 2.14. The fourth-order valence-corrected chi connectivity index (χ4v) is 1.60. The molecule has 2 N–H and O–H groups in total. The Kier molecular flexibility index (Phi) is 4.99. The van der Waals surface area contributed by atoms with E-state index >= 15 is 0 Å². The van der Waals surface area contributed by atoms with Crippen molar-refractivity contribution in [2.24, 2.45) is 11.7 Å². The molecule has 0 spiro atoms. The van der Waals surface area contributed by atoms with Gasteiger partial charge in [-0.15, -0.1) is 0 Å². The van der Waals surface area contributed by atoms with Gasteiger partial charge in [-0.1, -0.05) is 13.8 Å². The lowest BCUT2D eigenvalue weighted by Gasteiger charge is -2.23. The SMILES string of the molecule is CC(C)C(N)CCN(C)c1ccc(C#N)cc1. The number of rotatable bonds is 5. The predicted octanol–water partition coefficient (Wildman–Crippen LogP) is 2.37. The second kappa shape index (κ2) is 6.27. The first-order chi connectivity index (χ1) is 8.04. The summed E-state index contributed by atoms with van der Waals surface area (Å²) >= 11 is 0. The van der Waals surface area contributed by atoms with Gasteiger partial charge in [0.25, 0.3) is 0 Å². The lowest BCUT2D eigenvalue weighted by molar-refractivity contribution is 0.466. The number of anilines is 1. The van der Waals surface area contributed by atoms with E-state index in [1.165, 1.54) is 0 Å². The zero-order chi connectivity index (χ0) is 12.8. The molecule has 0 aliphatic heterocycles. The lowest BCUT2D eigenvalue weighted by atomic mass is 10.0. The molecule has 1 rings (SSSR count). The Morgan fingerprint density at radius 3 is 2.35 bits per heavy atom. The number of nitriles is 1. The van der Waals surface area contributed by atoms with E-state index in [1.807, 2.05) is 24.3 Å². The second-order valence-electron chi connectivity index (χ2n) is 4.78. The van der Waals surface area contributed by atoms with E-state index in [0.717, 1.165) is 18.7 Å². The minimum Gasteiger partial charge on any atom is -0.375 e. The molecular formula is C14H21N3. The van der Waals surface area contributed by atoms with Crippen molar-refractivity contribution in [2.75, 3.05) is 18.5 Å². The van der Waals surface area contributed by atoms with Crippen molar-refractivity contribution >= 4 is 5.69 Å². The summed E-state index contributed by atoms with van der Waals surface area (Å²) in [6.07, 6.45) is 0.980. The van der Waals surface area contributed by atoms with E-state index in [0.29, 0.717) is 11.5 Å². The van der Waals surface area contributed by atoms with Gasteiger partial charge in [-0.05, 0) is 36.6 Å². The molecule has 0 radical (unpaired) electrons. The van der Waals surface area contributed by atoms with Crippen molar-refractivity contribution in [2.45, 2.75) is 26.3 Å². The van der Waals surface area contributed by atoms with Crippen LogP contribution in [0.1, 0.15) is 25.8 Å². The van der Waals surface area contributed by atoms with E-state index < -0.39 is 0 Å². The molecule has 0 aliphatic carbocycles. The van der Waals surface area contributed by atoms with E-state index in [-0.39, 0.29) is 6.04 Å². The van der Waals surface area contributed by atoms with Crippen LogP contribution < -0.4 is 10.6 Å². The maximum absolute atomic E-state index is 8.72. The zero-order valence-corrected chi connectivity index (χ0v) is 10.9. The molecule has 1 atom stereocenters. The molecule has 0 saturated carbocycles. The van der Waals surface area contributed by atoms with Crippen LogP contribution in [-0.2, 0) is 0 Å². The van der Waals surface area contributed by atoms with Crippen LogP contribution in [0, 0.1) is 17.2 Å². The molecule has 1 aromatic carbocycles. The van der Waals surface area contributed by atoms with Crippen molar-refractivity contribution in [3.63, 3.8) is 0 Å². The standard InChI is InChI=1S/C14H21N3/c1-11(2)14(16)8-9-17(3)13-6-4-12(10-15)5-7-13/h4-7,11,14H,8-9,16H2,1-3H3. The summed E-state index contributed by atoms with van der Waals surface area (Å²) < 4.78 is 0. The number of nitrogens with zero attached hydrogens (tertiary/aromatic N) is 2. The first-order valence-electron chi connectivity index (χ1n) is 6.01. The molecule has 1 unspecified atom stereocenters. The summed E-state index contributed by atoms with van der Waals surface area (Å²) in [7, 11) is 2.05. The van der Waals surface area contributed by atoms with Gasteiger partial charge in [0.2, 0.25) is 0 Å². The van der Waals surface area contributed by atoms with Gasteiger partial charge in [0, 0.05) is 25.3 Å². The smallest absolute Gasteiger partial charge is 0.0991 e. The van der Waals surface area contributed by atoms with Crippen molar-refractivity contribution in [1.82, 2.24) is 0 Å². The van der Waals surface area contributed by atoms with Crippen molar-refractivity contribution in [3.05, 3.63) is 29.8 Å².